The minimum Gasteiger partial charge on any atom is -0.463 e. The topological polar surface area (TPSA) is 64.1 Å². The van der Waals surface area contributed by atoms with Crippen molar-refractivity contribution < 1.29 is 9.53 Å². The second-order valence-corrected chi connectivity index (χ2v) is 3.66. The van der Waals surface area contributed by atoms with Gasteiger partial charge in [-0.15, -0.1) is 0 Å². The summed E-state index contributed by atoms with van der Waals surface area (Å²) >= 11 is 1.74. The molecule has 0 aliphatic carbocycles. The number of nitrogens with zero attached hydrogens (tertiary/aromatic N) is 2. The summed E-state index contributed by atoms with van der Waals surface area (Å²) in [6.45, 7) is 0.804. The van der Waals surface area contributed by atoms with Crippen LogP contribution in [-0.4, -0.2) is 41.6 Å². The Balaban J connectivity index is 2.62. The predicted octanol–water partition coefficient (Wildman–Crippen LogP) is 1.04. The molecule has 0 spiro atoms. The molecule has 5 nitrogen and oxygen atoms in total. The first-order chi connectivity index (χ1) is 7.27. The Kier molecular flexibility index (Phi) is 4.89. The van der Waals surface area contributed by atoms with Gasteiger partial charge in [0, 0.05) is 18.5 Å². The lowest BCUT2D eigenvalue weighted by Crippen LogP contribution is -2.11. The van der Waals surface area contributed by atoms with Gasteiger partial charge < -0.3 is 10.1 Å². The van der Waals surface area contributed by atoms with Crippen LogP contribution in [0, 0.1) is 0 Å². The molecule has 1 rings (SSSR count). The number of methoxy groups -OCH3 is 1. The molecule has 0 aliphatic heterocycles. The highest BCUT2D eigenvalue weighted by molar-refractivity contribution is 7.98. The second kappa shape index (κ2) is 6.23. The van der Waals surface area contributed by atoms with Crippen molar-refractivity contribution in [2.24, 2.45) is 0 Å². The summed E-state index contributed by atoms with van der Waals surface area (Å²) in [6.07, 6.45) is 3.56. The summed E-state index contributed by atoms with van der Waals surface area (Å²) in [4.78, 5) is 18.9. The van der Waals surface area contributed by atoms with Crippen molar-refractivity contribution in [2.75, 3.05) is 31.0 Å². The smallest absolute Gasteiger partial charge is 0.376 e. The number of hydrogen-bond acceptors (Lipinski definition) is 6. The third-order valence-electron chi connectivity index (χ3n) is 1.64. The molecule has 0 radical (unpaired) electrons. The number of aromatic nitrogens is 2. The Bertz CT molecular complexity index is 333. The van der Waals surface area contributed by atoms with Crippen LogP contribution in [0.1, 0.15) is 10.6 Å². The van der Waals surface area contributed by atoms with Gasteiger partial charge in [0.2, 0.25) is 5.82 Å². The first-order valence-corrected chi connectivity index (χ1v) is 5.81. The Morgan fingerprint density at radius 3 is 3.13 bits per heavy atom. The highest BCUT2D eigenvalue weighted by Crippen LogP contribution is 2.03. The molecule has 0 bridgehead atoms. The molecule has 1 heterocycles. The first kappa shape index (κ1) is 11.8. The molecule has 1 aromatic rings. The average Bonchev–Trinajstić information content (AvgIpc) is 2.29. The van der Waals surface area contributed by atoms with Crippen molar-refractivity contribution in [3.63, 3.8) is 0 Å². The van der Waals surface area contributed by atoms with Crippen molar-refractivity contribution >= 4 is 23.5 Å². The van der Waals surface area contributed by atoms with Crippen LogP contribution in [0.5, 0.6) is 0 Å². The maximum absolute atomic E-state index is 11.1. The monoisotopic (exact) mass is 227 g/mol. The largest absolute Gasteiger partial charge is 0.463 e. The minimum atomic E-state index is -0.525. The van der Waals surface area contributed by atoms with Gasteiger partial charge in [0.1, 0.15) is 5.82 Å². The normalized spacial score (nSPS) is 9.73. The standard InChI is InChI=1S/C9H13N3O2S/c1-14-9(13)8-11-4-3-7(12-8)10-5-6-15-2/h3-4H,5-6H2,1-2H3,(H,10,11,12). The van der Waals surface area contributed by atoms with E-state index in [0.717, 1.165) is 12.3 Å². The zero-order valence-electron chi connectivity index (χ0n) is 8.69. The van der Waals surface area contributed by atoms with E-state index >= 15 is 0 Å². The van der Waals surface area contributed by atoms with Gasteiger partial charge in [0.15, 0.2) is 0 Å². The maximum Gasteiger partial charge on any atom is 0.376 e. The number of nitrogens with one attached hydrogen (secondary N) is 1. The second-order valence-electron chi connectivity index (χ2n) is 2.68. The van der Waals surface area contributed by atoms with Gasteiger partial charge in [-0.2, -0.15) is 11.8 Å². The SMILES string of the molecule is COC(=O)c1nccc(NCCSC)n1. The molecule has 0 saturated heterocycles. The third-order valence-corrected chi connectivity index (χ3v) is 2.25. The molecule has 1 aromatic heterocycles. The summed E-state index contributed by atoms with van der Waals surface area (Å²) in [5.41, 5.74) is 0. The average molecular weight is 227 g/mol. The number of ether oxygens (including phenoxy) is 1. The van der Waals surface area contributed by atoms with Crippen molar-refractivity contribution in [1.82, 2.24) is 9.97 Å². The van der Waals surface area contributed by atoms with Crippen LogP contribution in [0.2, 0.25) is 0 Å². The molecule has 0 fully saturated rings. The molecular weight excluding hydrogens is 214 g/mol. The van der Waals surface area contributed by atoms with E-state index in [1.54, 1.807) is 17.8 Å². The lowest BCUT2D eigenvalue weighted by atomic mass is 10.5. The molecule has 0 amide bonds. The van der Waals surface area contributed by atoms with Crippen molar-refractivity contribution in [3.8, 4) is 0 Å². The minimum absolute atomic E-state index is 0.0756. The van der Waals surface area contributed by atoms with E-state index in [4.69, 9.17) is 0 Å². The molecule has 0 aromatic carbocycles. The molecular formula is C9H13N3O2S. The number of anilines is 1. The van der Waals surface area contributed by atoms with Gasteiger partial charge in [-0.25, -0.2) is 14.8 Å². The number of carbonyl (C=O) groups excluding carboxylic acids is 1. The summed E-state index contributed by atoms with van der Waals surface area (Å²) in [5, 5.41) is 3.09. The van der Waals surface area contributed by atoms with Gasteiger partial charge in [-0.05, 0) is 12.3 Å². The van der Waals surface area contributed by atoms with E-state index in [-0.39, 0.29) is 5.82 Å². The Morgan fingerprint density at radius 1 is 1.67 bits per heavy atom. The zero-order valence-corrected chi connectivity index (χ0v) is 9.50. The number of rotatable bonds is 5. The lowest BCUT2D eigenvalue weighted by Gasteiger charge is -2.04. The number of thioether (sulfide) groups is 1. The maximum atomic E-state index is 11.1. The van der Waals surface area contributed by atoms with Crippen LogP contribution >= 0.6 is 11.8 Å². The van der Waals surface area contributed by atoms with Crippen molar-refractivity contribution in [1.29, 1.82) is 0 Å². The molecule has 0 saturated carbocycles. The van der Waals surface area contributed by atoms with Gasteiger partial charge in [-0.3, -0.25) is 0 Å². The summed E-state index contributed by atoms with van der Waals surface area (Å²) in [5.74, 6) is 1.17. The van der Waals surface area contributed by atoms with Crippen molar-refractivity contribution in [2.45, 2.75) is 0 Å². The fraction of sp³-hybridized carbons (Fsp3) is 0.444. The van der Waals surface area contributed by atoms with E-state index in [0.29, 0.717) is 5.82 Å². The summed E-state index contributed by atoms with van der Waals surface area (Å²) in [7, 11) is 1.31. The van der Waals surface area contributed by atoms with E-state index in [2.05, 4.69) is 20.0 Å². The molecule has 1 N–H and O–H groups in total. The molecule has 0 aliphatic rings. The van der Waals surface area contributed by atoms with Crippen LogP contribution < -0.4 is 5.32 Å². The Labute approximate surface area is 92.6 Å². The third kappa shape index (κ3) is 3.75. The van der Waals surface area contributed by atoms with E-state index in [9.17, 15) is 4.79 Å². The van der Waals surface area contributed by atoms with Crippen LogP contribution in [0.15, 0.2) is 12.3 Å². The number of esters is 1. The number of carbonyl (C=O) groups is 1. The van der Waals surface area contributed by atoms with E-state index in [1.165, 1.54) is 13.3 Å². The molecule has 0 unspecified atom stereocenters. The molecule has 0 atom stereocenters. The van der Waals surface area contributed by atoms with Gasteiger partial charge in [0.05, 0.1) is 7.11 Å². The Hall–Kier alpha value is -1.30. The van der Waals surface area contributed by atoms with E-state index in [1.807, 2.05) is 6.26 Å². The predicted molar refractivity (Wildman–Crippen MR) is 60.2 cm³/mol. The van der Waals surface area contributed by atoms with Crippen molar-refractivity contribution in [3.05, 3.63) is 18.1 Å². The van der Waals surface area contributed by atoms with Crippen LogP contribution in [0.4, 0.5) is 5.82 Å². The fourth-order valence-corrected chi connectivity index (χ4v) is 1.23. The van der Waals surface area contributed by atoms with Crippen LogP contribution in [0.25, 0.3) is 0 Å². The van der Waals surface area contributed by atoms with Gasteiger partial charge in [0.25, 0.3) is 0 Å². The summed E-state index contributed by atoms with van der Waals surface area (Å²) < 4.78 is 4.52. The number of hydrogen-bond donors (Lipinski definition) is 1. The Morgan fingerprint density at radius 2 is 2.47 bits per heavy atom. The lowest BCUT2D eigenvalue weighted by molar-refractivity contribution is 0.0587. The molecule has 6 heteroatoms. The first-order valence-electron chi connectivity index (χ1n) is 4.42. The molecule has 82 valence electrons. The van der Waals surface area contributed by atoms with E-state index < -0.39 is 5.97 Å². The highest BCUT2D eigenvalue weighted by Gasteiger charge is 2.08. The zero-order chi connectivity index (χ0) is 11.1. The summed E-state index contributed by atoms with van der Waals surface area (Å²) in [6, 6.07) is 1.72. The molecule has 15 heavy (non-hydrogen) atoms. The fourth-order valence-electron chi connectivity index (χ4n) is 0.928. The van der Waals surface area contributed by atoms with Gasteiger partial charge >= 0.3 is 5.97 Å². The van der Waals surface area contributed by atoms with Crippen LogP contribution in [0.3, 0.4) is 0 Å². The quantitative estimate of drug-likeness (QED) is 0.599. The van der Waals surface area contributed by atoms with Crippen LogP contribution in [-0.2, 0) is 4.74 Å². The van der Waals surface area contributed by atoms with Gasteiger partial charge in [-0.1, -0.05) is 0 Å². The highest BCUT2D eigenvalue weighted by atomic mass is 32.2.